The van der Waals surface area contributed by atoms with Gasteiger partial charge in [0.25, 0.3) is 0 Å². The largest absolute Gasteiger partial charge is 0.304 e. The number of thioether (sulfide) groups is 1. The van der Waals surface area contributed by atoms with Crippen molar-refractivity contribution in [2.24, 2.45) is 0 Å². The number of sulfone groups is 1. The first kappa shape index (κ1) is 19.0. The molecule has 1 heterocycles. The second kappa shape index (κ2) is 8.29. The lowest BCUT2D eigenvalue weighted by atomic mass is 10.2. The SMILES string of the molecule is O=C(CSCc1ccc(Cl)cc1)N(c1ccccc1)[C@@H]1C=CS(=O)(=O)C1. The molecule has 1 atom stereocenters. The number of amides is 1. The Morgan fingerprint density at radius 2 is 1.81 bits per heavy atom. The molecule has 0 N–H and O–H groups in total. The summed E-state index contributed by atoms with van der Waals surface area (Å²) in [4.78, 5) is 14.4. The van der Waals surface area contributed by atoms with Crippen LogP contribution < -0.4 is 4.90 Å². The normalized spacial score (nSPS) is 18.0. The van der Waals surface area contributed by atoms with Gasteiger partial charge in [-0.15, -0.1) is 11.8 Å². The average molecular weight is 408 g/mol. The van der Waals surface area contributed by atoms with Crippen LogP contribution in [0.4, 0.5) is 5.69 Å². The van der Waals surface area contributed by atoms with E-state index in [0.29, 0.717) is 16.5 Å². The fourth-order valence-corrected chi connectivity index (χ4v) is 4.97. The van der Waals surface area contributed by atoms with Crippen LogP contribution in [0.1, 0.15) is 5.56 Å². The van der Waals surface area contributed by atoms with Crippen molar-refractivity contribution in [3.8, 4) is 0 Å². The zero-order valence-electron chi connectivity index (χ0n) is 13.9. The molecule has 1 aliphatic rings. The van der Waals surface area contributed by atoms with Gasteiger partial charge in [-0.3, -0.25) is 4.79 Å². The fourth-order valence-electron chi connectivity index (χ4n) is 2.74. The first-order valence-corrected chi connectivity index (χ1v) is 11.3. The molecule has 4 nitrogen and oxygen atoms in total. The molecule has 2 aromatic carbocycles. The van der Waals surface area contributed by atoms with Crippen LogP contribution in [0.2, 0.25) is 5.02 Å². The van der Waals surface area contributed by atoms with Crippen molar-refractivity contribution in [1.82, 2.24) is 0 Å². The summed E-state index contributed by atoms with van der Waals surface area (Å²) in [7, 11) is -3.24. The minimum Gasteiger partial charge on any atom is -0.304 e. The van der Waals surface area contributed by atoms with E-state index in [1.807, 2.05) is 54.6 Å². The number of para-hydroxylation sites is 1. The van der Waals surface area contributed by atoms with Crippen molar-refractivity contribution in [1.29, 1.82) is 0 Å². The molecule has 0 fully saturated rings. The molecule has 26 heavy (non-hydrogen) atoms. The molecule has 1 aliphatic heterocycles. The van der Waals surface area contributed by atoms with Gasteiger partial charge < -0.3 is 4.90 Å². The molecule has 0 radical (unpaired) electrons. The Bertz CT molecular complexity index is 896. The number of anilines is 1. The van der Waals surface area contributed by atoms with Crippen LogP contribution in [0.25, 0.3) is 0 Å². The number of benzene rings is 2. The minimum absolute atomic E-state index is 0.0739. The third-order valence-electron chi connectivity index (χ3n) is 3.95. The second-order valence-electron chi connectivity index (χ2n) is 5.94. The van der Waals surface area contributed by atoms with E-state index in [4.69, 9.17) is 11.6 Å². The summed E-state index contributed by atoms with van der Waals surface area (Å²) < 4.78 is 23.6. The molecule has 7 heteroatoms. The van der Waals surface area contributed by atoms with Crippen LogP contribution in [0, 0.1) is 0 Å². The Kier molecular flexibility index (Phi) is 6.06. The summed E-state index contributed by atoms with van der Waals surface area (Å²) >= 11 is 7.37. The molecule has 136 valence electrons. The summed E-state index contributed by atoms with van der Waals surface area (Å²) in [5.74, 6) is 0.767. The highest BCUT2D eigenvalue weighted by atomic mass is 35.5. The van der Waals surface area contributed by atoms with Crippen molar-refractivity contribution in [2.45, 2.75) is 11.8 Å². The minimum atomic E-state index is -3.24. The molecule has 0 aromatic heterocycles. The number of hydrogen-bond acceptors (Lipinski definition) is 4. The van der Waals surface area contributed by atoms with Crippen molar-refractivity contribution in [3.05, 3.63) is 76.7 Å². The van der Waals surface area contributed by atoms with E-state index in [1.54, 1.807) is 11.0 Å². The van der Waals surface area contributed by atoms with Gasteiger partial charge in [-0.25, -0.2) is 8.42 Å². The van der Waals surface area contributed by atoms with Crippen molar-refractivity contribution in [3.63, 3.8) is 0 Å². The Morgan fingerprint density at radius 3 is 2.42 bits per heavy atom. The van der Waals surface area contributed by atoms with E-state index in [0.717, 1.165) is 5.56 Å². The maximum absolute atomic E-state index is 12.8. The standard InChI is InChI=1S/C19H18ClNO3S2/c20-16-8-6-15(7-9-16)12-25-13-19(22)21(17-4-2-1-3-5-17)18-10-11-26(23,24)14-18/h1-11,18H,12-14H2/t18-/m1/s1. The van der Waals surface area contributed by atoms with E-state index in [2.05, 4.69) is 0 Å². The lowest BCUT2D eigenvalue weighted by Crippen LogP contribution is -2.42. The zero-order chi connectivity index (χ0) is 18.6. The number of carbonyl (C=O) groups is 1. The molecule has 0 bridgehead atoms. The number of hydrogen-bond donors (Lipinski definition) is 0. The summed E-state index contributed by atoms with van der Waals surface area (Å²) in [6, 6.07) is 16.2. The third kappa shape index (κ3) is 4.90. The van der Waals surface area contributed by atoms with Crippen LogP contribution in [-0.2, 0) is 20.4 Å². The van der Waals surface area contributed by atoms with E-state index in [1.165, 1.54) is 17.2 Å². The van der Waals surface area contributed by atoms with E-state index >= 15 is 0 Å². The van der Waals surface area contributed by atoms with Gasteiger partial charge in [-0.05, 0) is 35.9 Å². The maximum Gasteiger partial charge on any atom is 0.237 e. The molecular weight excluding hydrogens is 390 g/mol. The monoisotopic (exact) mass is 407 g/mol. The van der Waals surface area contributed by atoms with Crippen LogP contribution in [0.5, 0.6) is 0 Å². The molecule has 1 amide bonds. The second-order valence-corrected chi connectivity index (χ2v) is 9.30. The summed E-state index contributed by atoms with van der Waals surface area (Å²) in [6.45, 7) is 0. The van der Waals surface area contributed by atoms with Crippen LogP contribution >= 0.6 is 23.4 Å². The molecule has 0 saturated carbocycles. The lowest BCUT2D eigenvalue weighted by molar-refractivity contribution is -0.116. The molecule has 2 aromatic rings. The Labute approximate surface area is 162 Å². The Hall–Kier alpha value is -1.76. The van der Waals surface area contributed by atoms with Gasteiger partial charge in [0.1, 0.15) is 0 Å². The lowest BCUT2D eigenvalue weighted by Gasteiger charge is -2.27. The van der Waals surface area contributed by atoms with Crippen molar-refractivity contribution in [2.75, 3.05) is 16.4 Å². The highest BCUT2D eigenvalue weighted by molar-refractivity contribution is 7.99. The average Bonchev–Trinajstić information content (AvgIpc) is 2.97. The number of rotatable bonds is 6. The van der Waals surface area contributed by atoms with Gasteiger partial charge >= 0.3 is 0 Å². The van der Waals surface area contributed by atoms with Gasteiger partial charge in [0.15, 0.2) is 9.84 Å². The molecule has 0 aliphatic carbocycles. The van der Waals surface area contributed by atoms with Gasteiger partial charge in [0.2, 0.25) is 5.91 Å². The highest BCUT2D eigenvalue weighted by Gasteiger charge is 2.31. The van der Waals surface area contributed by atoms with E-state index < -0.39 is 15.9 Å². The number of carbonyl (C=O) groups excluding carboxylic acids is 1. The zero-order valence-corrected chi connectivity index (χ0v) is 16.3. The quantitative estimate of drug-likeness (QED) is 0.728. The van der Waals surface area contributed by atoms with E-state index in [-0.39, 0.29) is 17.4 Å². The van der Waals surface area contributed by atoms with Gasteiger partial charge in [0, 0.05) is 21.9 Å². The van der Waals surface area contributed by atoms with Crippen molar-refractivity contribution >= 4 is 44.8 Å². The predicted molar refractivity (Wildman–Crippen MR) is 108 cm³/mol. The van der Waals surface area contributed by atoms with Gasteiger partial charge in [-0.2, -0.15) is 0 Å². The van der Waals surface area contributed by atoms with Gasteiger partial charge in [-0.1, -0.05) is 41.9 Å². The molecule has 3 rings (SSSR count). The van der Waals surface area contributed by atoms with Gasteiger partial charge in [0.05, 0.1) is 17.5 Å². The predicted octanol–water partition coefficient (Wildman–Crippen LogP) is 3.92. The first-order valence-electron chi connectivity index (χ1n) is 8.05. The van der Waals surface area contributed by atoms with Crippen LogP contribution in [-0.4, -0.2) is 31.9 Å². The maximum atomic E-state index is 12.8. The summed E-state index contributed by atoms with van der Waals surface area (Å²) in [6.07, 6.45) is 1.59. The molecule has 0 saturated heterocycles. The third-order valence-corrected chi connectivity index (χ3v) is 6.57. The Balaban J connectivity index is 1.69. The van der Waals surface area contributed by atoms with Crippen LogP contribution in [0.15, 0.2) is 66.1 Å². The van der Waals surface area contributed by atoms with Crippen LogP contribution in [0.3, 0.4) is 0 Å². The molecular formula is C19H18ClNO3S2. The fraction of sp³-hybridized carbons (Fsp3) is 0.211. The first-order chi connectivity index (χ1) is 12.4. The van der Waals surface area contributed by atoms with Crippen molar-refractivity contribution < 1.29 is 13.2 Å². The smallest absolute Gasteiger partial charge is 0.237 e. The highest BCUT2D eigenvalue weighted by Crippen LogP contribution is 2.24. The molecule has 0 spiro atoms. The topological polar surface area (TPSA) is 54.5 Å². The number of nitrogens with zero attached hydrogens (tertiary/aromatic N) is 1. The number of halogens is 1. The Morgan fingerprint density at radius 1 is 1.12 bits per heavy atom. The summed E-state index contributed by atoms with van der Waals surface area (Å²) in [5, 5.41) is 1.88. The summed E-state index contributed by atoms with van der Waals surface area (Å²) in [5.41, 5.74) is 1.79. The molecule has 0 unspecified atom stereocenters. The van der Waals surface area contributed by atoms with E-state index in [9.17, 15) is 13.2 Å².